The van der Waals surface area contributed by atoms with Crippen molar-refractivity contribution in [2.75, 3.05) is 69.4 Å². The first-order chi connectivity index (χ1) is 17.7. The van der Waals surface area contributed by atoms with Crippen LogP contribution in [0.25, 0.3) is 10.9 Å². The second-order valence-electron chi connectivity index (χ2n) is 9.49. The van der Waals surface area contributed by atoms with Crippen molar-refractivity contribution in [2.24, 2.45) is 0 Å². The van der Waals surface area contributed by atoms with Gasteiger partial charge in [0, 0.05) is 69.9 Å². The average Bonchev–Trinajstić information content (AvgIpc) is 3.40. The number of benzene rings is 1. The number of anilines is 2. The lowest BCUT2D eigenvalue weighted by molar-refractivity contribution is -0.169. The molecule has 36 heavy (non-hydrogen) atoms. The Morgan fingerprint density at radius 2 is 1.75 bits per heavy atom. The molecule has 1 amide bonds. The number of piperidine rings is 1. The van der Waals surface area contributed by atoms with Gasteiger partial charge in [-0.3, -0.25) is 14.8 Å². The second kappa shape index (κ2) is 9.55. The predicted molar refractivity (Wildman–Crippen MR) is 137 cm³/mol. The minimum atomic E-state index is -0.482. The summed E-state index contributed by atoms with van der Waals surface area (Å²) in [6.45, 7) is 5.60. The van der Waals surface area contributed by atoms with Crippen LogP contribution in [0.4, 0.5) is 11.4 Å². The van der Waals surface area contributed by atoms with Crippen molar-refractivity contribution in [3.63, 3.8) is 0 Å². The van der Waals surface area contributed by atoms with Gasteiger partial charge in [0.2, 0.25) is 0 Å². The highest BCUT2D eigenvalue weighted by Gasteiger charge is 2.41. The number of nitrogens with zero attached hydrogens (tertiary/aromatic N) is 5. The fraction of sp³-hybridized carbons (Fsp3) is 0.444. The molecule has 0 radical (unpaired) electrons. The molecule has 1 spiro atoms. The van der Waals surface area contributed by atoms with Gasteiger partial charge in [0.15, 0.2) is 5.79 Å². The summed E-state index contributed by atoms with van der Waals surface area (Å²) in [6, 6.07) is 9.85. The van der Waals surface area contributed by atoms with Gasteiger partial charge < -0.3 is 28.9 Å². The Hall–Kier alpha value is -3.43. The molecular weight excluding hydrogens is 458 g/mol. The van der Waals surface area contributed by atoms with E-state index in [0.717, 1.165) is 67.0 Å². The van der Waals surface area contributed by atoms with Crippen molar-refractivity contribution in [1.82, 2.24) is 14.9 Å². The molecule has 0 N–H and O–H groups in total. The Kier molecular flexibility index (Phi) is 6.10. The van der Waals surface area contributed by atoms with E-state index in [9.17, 15) is 4.79 Å². The van der Waals surface area contributed by atoms with Crippen molar-refractivity contribution < 1.29 is 19.0 Å². The molecule has 9 heteroatoms. The van der Waals surface area contributed by atoms with Crippen LogP contribution in [0.2, 0.25) is 0 Å². The Labute approximate surface area is 210 Å². The number of piperazine rings is 1. The van der Waals surface area contributed by atoms with E-state index in [1.807, 2.05) is 35.4 Å². The number of hydrogen-bond acceptors (Lipinski definition) is 8. The minimum Gasteiger partial charge on any atom is -0.497 e. The fourth-order valence-corrected chi connectivity index (χ4v) is 5.52. The van der Waals surface area contributed by atoms with Crippen LogP contribution in [0.15, 0.2) is 48.9 Å². The molecule has 3 aromatic rings. The highest BCUT2D eigenvalue weighted by Crippen LogP contribution is 2.38. The molecule has 0 unspecified atom stereocenters. The summed E-state index contributed by atoms with van der Waals surface area (Å²) in [5.74, 6) is 0.280. The van der Waals surface area contributed by atoms with E-state index in [0.29, 0.717) is 31.9 Å². The van der Waals surface area contributed by atoms with Gasteiger partial charge in [0.05, 0.1) is 49.0 Å². The van der Waals surface area contributed by atoms with Crippen LogP contribution in [0.3, 0.4) is 0 Å². The van der Waals surface area contributed by atoms with E-state index in [2.05, 4.69) is 25.8 Å². The first-order valence-corrected chi connectivity index (χ1v) is 12.6. The highest BCUT2D eigenvalue weighted by molar-refractivity contribution is 6.07. The van der Waals surface area contributed by atoms with E-state index < -0.39 is 5.79 Å². The van der Waals surface area contributed by atoms with Crippen molar-refractivity contribution in [3.05, 3.63) is 54.5 Å². The first kappa shape index (κ1) is 23.0. The Morgan fingerprint density at radius 3 is 2.44 bits per heavy atom. The lowest BCUT2D eigenvalue weighted by atomic mass is 9.99. The largest absolute Gasteiger partial charge is 0.497 e. The van der Waals surface area contributed by atoms with Crippen LogP contribution < -0.4 is 14.5 Å². The van der Waals surface area contributed by atoms with Crippen LogP contribution >= 0.6 is 0 Å². The number of carbonyl (C=O) groups is 1. The molecule has 188 valence electrons. The summed E-state index contributed by atoms with van der Waals surface area (Å²) in [6.07, 6.45) is 6.92. The molecular formula is C27H31N5O4. The maximum atomic E-state index is 13.9. The van der Waals surface area contributed by atoms with Crippen LogP contribution in [0.5, 0.6) is 5.75 Å². The van der Waals surface area contributed by atoms with Crippen LogP contribution in [0.1, 0.15) is 23.2 Å². The normalized spacial score (nSPS) is 19.8. The molecule has 3 saturated heterocycles. The smallest absolute Gasteiger partial charge is 0.257 e. The van der Waals surface area contributed by atoms with Gasteiger partial charge in [-0.15, -0.1) is 0 Å². The predicted octanol–water partition coefficient (Wildman–Crippen LogP) is 2.94. The molecule has 0 saturated carbocycles. The monoisotopic (exact) mass is 489 g/mol. The quantitative estimate of drug-likeness (QED) is 0.554. The SMILES string of the molecule is COc1ccc2ncc(C(=O)N3CCN(c4cccnc4)CC3)c(N3CCC4(CC3)OCCO4)c2c1. The van der Waals surface area contributed by atoms with E-state index in [4.69, 9.17) is 14.2 Å². The number of rotatable bonds is 4. The summed E-state index contributed by atoms with van der Waals surface area (Å²) in [4.78, 5) is 29.3. The van der Waals surface area contributed by atoms with Crippen molar-refractivity contribution in [3.8, 4) is 5.75 Å². The van der Waals surface area contributed by atoms with E-state index in [-0.39, 0.29) is 5.91 Å². The van der Waals surface area contributed by atoms with Crippen LogP contribution in [-0.4, -0.2) is 86.2 Å². The number of pyridine rings is 2. The Bertz CT molecular complexity index is 1230. The Morgan fingerprint density at radius 1 is 0.972 bits per heavy atom. The summed E-state index contributed by atoms with van der Waals surface area (Å²) in [7, 11) is 1.66. The Balaban J connectivity index is 1.30. The number of aromatic nitrogens is 2. The molecule has 2 aromatic heterocycles. The maximum absolute atomic E-state index is 13.9. The third kappa shape index (κ3) is 4.22. The number of amides is 1. The molecule has 0 aliphatic carbocycles. The van der Waals surface area contributed by atoms with Gasteiger partial charge in [0.25, 0.3) is 5.91 Å². The third-order valence-electron chi connectivity index (χ3n) is 7.51. The third-order valence-corrected chi connectivity index (χ3v) is 7.51. The van der Waals surface area contributed by atoms with E-state index in [1.54, 1.807) is 19.5 Å². The lowest BCUT2D eigenvalue weighted by Gasteiger charge is -2.40. The molecule has 9 nitrogen and oxygen atoms in total. The average molecular weight is 490 g/mol. The van der Waals surface area contributed by atoms with Crippen molar-refractivity contribution in [1.29, 1.82) is 0 Å². The summed E-state index contributed by atoms with van der Waals surface area (Å²) in [5.41, 5.74) is 3.49. The number of hydrogen-bond donors (Lipinski definition) is 0. The first-order valence-electron chi connectivity index (χ1n) is 12.6. The summed E-state index contributed by atoms with van der Waals surface area (Å²) in [5, 5.41) is 0.929. The van der Waals surface area contributed by atoms with Gasteiger partial charge in [-0.25, -0.2) is 0 Å². The van der Waals surface area contributed by atoms with E-state index >= 15 is 0 Å². The van der Waals surface area contributed by atoms with Gasteiger partial charge in [-0.2, -0.15) is 0 Å². The number of carbonyl (C=O) groups excluding carboxylic acids is 1. The molecule has 0 atom stereocenters. The molecule has 0 bridgehead atoms. The minimum absolute atomic E-state index is 0.0155. The molecule has 6 rings (SSSR count). The lowest BCUT2D eigenvalue weighted by Crippen LogP contribution is -2.49. The topological polar surface area (TPSA) is 80.3 Å². The van der Waals surface area contributed by atoms with Gasteiger partial charge in [-0.1, -0.05) is 0 Å². The number of fused-ring (bicyclic) bond motifs is 1. The van der Waals surface area contributed by atoms with Crippen LogP contribution in [-0.2, 0) is 9.47 Å². The van der Waals surface area contributed by atoms with Gasteiger partial charge in [-0.05, 0) is 30.3 Å². The summed E-state index contributed by atoms with van der Waals surface area (Å²) < 4.78 is 17.4. The zero-order chi connectivity index (χ0) is 24.5. The summed E-state index contributed by atoms with van der Waals surface area (Å²) >= 11 is 0. The maximum Gasteiger partial charge on any atom is 0.257 e. The number of methoxy groups -OCH3 is 1. The molecule has 1 aromatic carbocycles. The van der Waals surface area contributed by atoms with Crippen LogP contribution in [0, 0.1) is 0 Å². The zero-order valence-electron chi connectivity index (χ0n) is 20.6. The van der Waals surface area contributed by atoms with Gasteiger partial charge >= 0.3 is 0 Å². The molecule has 5 heterocycles. The molecule has 3 aliphatic rings. The second-order valence-corrected chi connectivity index (χ2v) is 9.49. The molecule has 3 fully saturated rings. The van der Waals surface area contributed by atoms with Crippen molar-refractivity contribution >= 4 is 28.2 Å². The van der Waals surface area contributed by atoms with Gasteiger partial charge in [0.1, 0.15) is 5.75 Å². The highest BCUT2D eigenvalue weighted by atomic mass is 16.7. The standard InChI is InChI=1S/C27H31N5O4/c1-34-21-4-5-24-22(17-21)25(31-9-6-27(7-10-31)35-15-16-36-27)23(19-29-24)26(33)32-13-11-30(12-14-32)20-3-2-8-28-18-20/h2-5,8,17-19H,6-7,9-16H2,1H3. The fourth-order valence-electron chi connectivity index (χ4n) is 5.52. The zero-order valence-corrected chi connectivity index (χ0v) is 20.6. The van der Waals surface area contributed by atoms with Crippen molar-refractivity contribution in [2.45, 2.75) is 18.6 Å². The molecule has 3 aliphatic heterocycles. The number of ether oxygens (including phenoxy) is 3. The van der Waals surface area contributed by atoms with E-state index in [1.165, 1.54) is 0 Å².